The first-order valence-corrected chi connectivity index (χ1v) is 6.60. The minimum atomic E-state index is -0.765. The molecule has 1 aliphatic heterocycles. The summed E-state index contributed by atoms with van der Waals surface area (Å²) < 4.78 is 5.07. The number of nitrogens with zero attached hydrogens (tertiary/aromatic N) is 4. The van der Waals surface area contributed by atoms with E-state index in [1.165, 1.54) is 0 Å². The van der Waals surface area contributed by atoms with E-state index in [0.717, 1.165) is 32.6 Å². The molecule has 0 aromatic carbocycles. The number of piperazine rings is 1. The molecule has 0 amide bonds. The van der Waals surface area contributed by atoms with Gasteiger partial charge in [0, 0.05) is 32.6 Å². The van der Waals surface area contributed by atoms with Gasteiger partial charge in [-0.3, -0.25) is 14.6 Å². The van der Waals surface area contributed by atoms with Gasteiger partial charge in [-0.1, -0.05) is 12.1 Å². The predicted octanol–water partition coefficient (Wildman–Crippen LogP) is 0.223. The van der Waals surface area contributed by atoms with Crippen LogP contribution in [0.3, 0.4) is 0 Å². The fraction of sp³-hybridized carbons (Fsp3) is 0.750. The molecule has 7 heteroatoms. The van der Waals surface area contributed by atoms with Gasteiger partial charge in [0.2, 0.25) is 5.89 Å². The lowest BCUT2D eigenvalue weighted by Crippen LogP contribution is -2.51. The van der Waals surface area contributed by atoms with Crippen molar-refractivity contribution in [1.82, 2.24) is 19.9 Å². The lowest BCUT2D eigenvalue weighted by atomic mass is 10.2. The second-order valence-electron chi connectivity index (χ2n) is 4.78. The first-order chi connectivity index (χ1) is 9.10. The van der Waals surface area contributed by atoms with Gasteiger partial charge in [-0.2, -0.15) is 4.98 Å². The van der Waals surface area contributed by atoms with Crippen LogP contribution in [0.5, 0.6) is 0 Å². The van der Waals surface area contributed by atoms with E-state index < -0.39 is 12.0 Å². The Morgan fingerprint density at radius 1 is 1.42 bits per heavy atom. The minimum Gasteiger partial charge on any atom is -0.480 e. The summed E-state index contributed by atoms with van der Waals surface area (Å²) in [5, 5.41) is 12.9. The number of aliphatic carboxylic acids is 1. The summed E-state index contributed by atoms with van der Waals surface area (Å²) in [5.41, 5.74) is 0. The molecule has 1 saturated heterocycles. The molecule has 2 heterocycles. The highest BCUT2D eigenvalue weighted by Gasteiger charge is 2.25. The fourth-order valence-corrected chi connectivity index (χ4v) is 2.16. The maximum absolute atomic E-state index is 10.9. The summed E-state index contributed by atoms with van der Waals surface area (Å²) in [7, 11) is 0. The average Bonchev–Trinajstić information content (AvgIpc) is 2.86. The molecule has 1 unspecified atom stereocenters. The third-order valence-electron chi connectivity index (χ3n) is 3.49. The van der Waals surface area contributed by atoms with Gasteiger partial charge in [-0.15, -0.1) is 0 Å². The molecule has 0 spiro atoms. The van der Waals surface area contributed by atoms with Gasteiger partial charge in [-0.05, 0) is 6.92 Å². The first-order valence-electron chi connectivity index (χ1n) is 6.60. The van der Waals surface area contributed by atoms with E-state index in [2.05, 4.69) is 15.0 Å². The zero-order valence-corrected chi connectivity index (χ0v) is 11.4. The van der Waals surface area contributed by atoms with E-state index in [1.54, 1.807) is 6.92 Å². The zero-order valence-electron chi connectivity index (χ0n) is 11.4. The normalized spacial score (nSPS) is 19.5. The van der Waals surface area contributed by atoms with E-state index in [4.69, 9.17) is 9.63 Å². The maximum Gasteiger partial charge on any atom is 0.320 e. The first kappa shape index (κ1) is 14.0. The van der Waals surface area contributed by atoms with Crippen molar-refractivity contribution in [3.05, 3.63) is 11.7 Å². The molecule has 1 aromatic heterocycles. The molecule has 1 atom stereocenters. The summed E-state index contributed by atoms with van der Waals surface area (Å²) in [6.45, 7) is 7.53. The van der Waals surface area contributed by atoms with Crippen molar-refractivity contribution in [2.75, 3.05) is 26.2 Å². The number of aromatic nitrogens is 2. The van der Waals surface area contributed by atoms with Gasteiger partial charge < -0.3 is 9.63 Å². The monoisotopic (exact) mass is 268 g/mol. The number of hydrogen-bond acceptors (Lipinski definition) is 6. The largest absolute Gasteiger partial charge is 0.480 e. The van der Waals surface area contributed by atoms with Crippen LogP contribution in [-0.2, 0) is 17.8 Å². The minimum absolute atomic E-state index is 0.418. The summed E-state index contributed by atoms with van der Waals surface area (Å²) in [6, 6.07) is -0.418. The molecule has 1 aliphatic rings. The Morgan fingerprint density at radius 2 is 2.11 bits per heavy atom. The third kappa shape index (κ3) is 3.51. The van der Waals surface area contributed by atoms with Crippen molar-refractivity contribution >= 4 is 5.97 Å². The molecular weight excluding hydrogens is 248 g/mol. The molecule has 106 valence electrons. The molecule has 1 fully saturated rings. The van der Waals surface area contributed by atoms with Crippen molar-refractivity contribution in [2.24, 2.45) is 0 Å². The topological polar surface area (TPSA) is 82.7 Å². The van der Waals surface area contributed by atoms with Crippen LogP contribution in [0.2, 0.25) is 0 Å². The van der Waals surface area contributed by atoms with Crippen molar-refractivity contribution in [3.63, 3.8) is 0 Å². The summed E-state index contributed by atoms with van der Waals surface area (Å²) in [4.78, 5) is 19.4. The Balaban J connectivity index is 1.81. The number of carboxylic acids is 1. The number of rotatable bonds is 5. The summed E-state index contributed by atoms with van der Waals surface area (Å²) in [6.07, 6.45) is 0.747. The van der Waals surface area contributed by atoms with Crippen LogP contribution in [0.15, 0.2) is 4.52 Å². The quantitative estimate of drug-likeness (QED) is 0.818. The number of carboxylic acid groups (broad SMARTS) is 1. The predicted molar refractivity (Wildman–Crippen MR) is 67.6 cm³/mol. The lowest BCUT2D eigenvalue weighted by molar-refractivity contribution is -0.143. The van der Waals surface area contributed by atoms with Crippen LogP contribution in [0.25, 0.3) is 0 Å². The maximum atomic E-state index is 10.9. The second-order valence-corrected chi connectivity index (χ2v) is 4.78. The highest BCUT2D eigenvalue weighted by Crippen LogP contribution is 2.09. The van der Waals surface area contributed by atoms with Crippen molar-refractivity contribution < 1.29 is 14.4 Å². The molecule has 1 N–H and O–H groups in total. The lowest BCUT2D eigenvalue weighted by Gasteiger charge is -2.35. The van der Waals surface area contributed by atoms with E-state index in [9.17, 15) is 4.79 Å². The Hall–Kier alpha value is -1.47. The van der Waals surface area contributed by atoms with Gasteiger partial charge in [-0.25, -0.2) is 0 Å². The number of carbonyl (C=O) groups is 1. The van der Waals surface area contributed by atoms with Gasteiger partial charge in [0.1, 0.15) is 6.04 Å². The van der Waals surface area contributed by atoms with Gasteiger partial charge >= 0.3 is 5.97 Å². The molecule has 0 radical (unpaired) electrons. The van der Waals surface area contributed by atoms with Gasteiger partial charge in [0.05, 0.1) is 6.54 Å². The molecule has 1 aromatic rings. The van der Waals surface area contributed by atoms with E-state index >= 15 is 0 Å². The molecule has 7 nitrogen and oxygen atoms in total. The van der Waals surface area contributed by atoms with Crippen LogP contribution in [0.1, 0.15) is 25.6 Å². The van der Waals surface area contributed by atoms with Gasteiger partial charge in [0.15, 0.2) is 5.82 Å². The standard InChI is InChI=1S/C12H20N4O3/c1-3-11-13-10(14-19-11)8-15-4-6-16(7-5-15)9(2)12(17)18/h9H,3-8H2,1-2H3,(H,17,18). The van der Waals surface area contributed by atoms with Crippen molar-refractivity contribution in [1.29, 1.82) is 0 Å². The molecule has 19 heavy (non-hydrogen) atoms. The highest BCUT2D eigenvalue weighted by atomic mass is 16.5. The Kier molecular flexibility index (Phi) is 4.49. The average molecular weight is 268 g/mol. The molecule has 2 rings (SSSR count). The van der Waals surface area contributed by atoms with Crippen LogP contribution >= 0.6 is 0 Å². The summed E-state index contributed by atoms with van der Waals surface area (Å²) >= 11 is 0. The molecular formula is C12H20N4O3. The van der Waals surface area contributed by atoms with E-state index in [1.807, 2.05) is 11.8 Å². The Bertz CT molecular complexity index is 426. The van der Waals surface area contributed by atoms with E-state index in [-0.39, 0.29) is 0 Å². The SMILES string of the molecule is CCc1nc(CN2CCN(C(C)C(=O)O)CC2)no1. The van der Waals surface area contributed by atoms with Crippen LogP contribution in [0, 0.1) is 0 Å². The van der Waals surface area contributed by atoms with Crippen LogP contribution in [-0.4, -0.2) is 63.2 Å². The smallest absolute Gasteiger partial charge is 0.320 e. The fourth-order valence-electron chi connectivity index (χ4n) is 2.16. The molecule has 0 bridgehead atoms. The number of hydrogen-bond donors (Lipinski definition) is 1. The zero-order chi connectivity index (χ0) is 13.8. The molecule has 0 saturated carbocycles. The van der Waals surface area contributed by atoms with Crippen LogP contribution < -0.4 is 0 Å². The molecule has 0 aliphatic carbocycles. The summed E-state index contributed by atoms with van der Waals surface area (Å²) in [5.74, 6) is 0.601. The van der Waals surface area contributed by atoms with Crippen molar-refractivity contribution in [2.45, 2.75) is 32.9 Å². The van der Waals surface area contributed by atoms with Crippen LogP contribution in [0.4, 0.5) is 0 Å². The highest BCUT2D eigenvalue weighted by molar-refractivity contribution is 5.72. The Labute approximate surface area is 112 Å². The number of aryl methyl sites for hydroxylation is 1. The van der Waals surface area contributed by atoms with Gasteiger partial charge in [0.25, 0.3) is 0 Å². The second kappa shape index (κ2) is 6.12. The van der Waals surface area contributed by atoms with E-state index in [0.29, 0.717) is 18.3 Å². The Morgan fingerprint density at radius 3 is 2.63 bits per heavy atom. The third-order valence-corrected chi connectivity index (χ3v) is 3.49. The van der Waals surface area contributed by atoms with Crippen molar-refractivity contribution in [3.8, 4) is 0 Å².